The zero-order chi connectivity index (χ0) is 12.1. The lowest BCUT2D eigenvalue weighted by atomic mass is 10.1. The van der Waals surface area contributed by atoms with Crippen molar-refractivity contribution in [3.63, 3.8) is 0 Å². The molecule has 2 heterocycles. The van der Waals surface area contributed by atoms with Crippen molar-refractivity contribution in [3.8, 4) is 11.1 Å². The molecule has 0 N–H and O–H groups in total. The van der Waals surface area contributed by atoms with E-state index in [-0.39, 0.29) is 0 Å². The van der Waals surface area contributed by atoms with Gasteiger partial charge in [-0.05, 0) is 30.7 Å². The van der Waals surface area contributed by atoms with Gasteiger partial charge in [0, 0.05) is 24.2 Å². The van der Waals surface area contributed by atoms with Gasteiger partial charge in [-0.3, -0.25) is 4.98 Å². The number of aromatic nitrogens is 2. The van der Waals surface area contributed by atoms with E-state index in [1.807, 2.05) is 18.2 Å². The predicted octanol–water partition coefficient (Wildman–Crippen LogP) is 2.32. The molecular weight excluding hydrogens is 216 g/mol. The zero-order valence-electron chi connectivity index (χ0n) is 9.46. The number of hydrogen-bond donors (Lipinski definition) is 0. The number of carbonyl (C=O) groups excluding carboxylic acids is 1. The first kappa shape index (κ1) is 11.3. The fourth-order valence-electron chi connectivity index (χ4n) is 1.43. The third kappa shape index (κ3) is 2.66. The molecule has 4 heteroatoms. The SMILES string of the molecule is CCOC(=O)c1ccc(-c2ccncc2)cn1. The number of pyridine rings is 2. The maximum absolute atomic E-state index is 11.4. The van der Waals surface area contributed by atoms with Crippen molar-refractivity contribution in [2.75, 3.05) is 6.61 Å². The van der Waals surface area contributed by atoms with Crippen LogP contribution in [0.2, 0.25) is 0 Å². The van der Waals surface area contributed by atoms with Crippen LogP contribution in [0.4, 0.5) is 0 Å². The molecule has 0 amide bonds. The highest BCUT2D eigenvalue weighted by Gasteiger charge is 2.07. The van der Waals surface area contributed by atoms with Gasteiger partial charge in [0.2, 0.25) is 0 Å². The van der Waals surface area contributed by atoms with Crippen LogP contribution in [-0.4, -0.2) is 22.5 Å². The molecule has 86 valence electrons. The maximum Gasteiger partial charge on any atom is 0.356 e. The van der Waals surface area contributed by atoms with Crippen molar-refractivity contribution < 1.29 is 9.53 Å². The molecule has 4 nitrogen and oxygen atoms in total. The molecule has 0 saturated carbocycles. The summed E-state index contributed by atoms with van der Waals surface area (Å²) in [6.07, 6.45) is 5.09. The number of nitrogens with zero attached hydrogens (tertiary/aromatic N) is 2. The molecule has 0 atom stereocenters. The van der Waals surface area contributed by atoms with Crippen LogP contribution >= 0.6 is 0 Å². The Kier molecular flexibility index (Phi) is 3.45. The Labute approximate surface area is 99.3 Å². The monoisotopic (exact) mass is 228 g/mol. The highest BCUT2D eigenvalue weighted by Crippen LogP contribution is 2.17. The van der Waals surface area contributed by atoms with Crippen molar-refractivity contribution in [2.45, 2.75) is 6.92 Å². The van der Waals surface area contributed by atoms with Gasteiger partial charge in [0.15, 0.2) is 0 Å². The molecule has 0 aliphatic heterocycles. The Morgan fingerprint density at radius 2 is 1.94 bits per heavy atom. The Morgan fingerprint density at radius 1 is 1.18 bits per heavy atom. The summed E-state index contributed by atoms with van der Waals surface area (Å²) < 4.78 is 4.86. The van der Waals surface area contributed by atoms with E-state index in [0.717, 1.165) is 11.1 Å². The third-order valence-corrected chi connectivity index (χ3v) is 2.26. The van der Waals surface area contributed by atoms with Crippen LogP contribution in [0.5, 0.6) is 0 Å². The molecule has 0 aliphatic carbocycles. The second-order valence-corrected chi connectivity index (χ2v) is 3.39. The molecule has 0 bridgehead atoms. The van der Waals surface area contributed by atoms with Crippen molar-refractivity contribution in [2.24, 2.45) is 0 Å². The highest BCUT2D eigenvalue weighted by molar-refractivity contribution is 5.87. The van der Waals surface area contributed by atoms with Gasteiger partial charge in [0.05, 0.1) is 6.61 Å². The van der Waals surface area contributed by atoms with Crippen LogP contribution in [0, 0.1) is 0 Å². The van der Waals surface area contributed by atoms with Crippen LogP contribution in [-0.2, 0) is 4.74 Å². The van der Waals surface area contributed by atoms with E-state index in [4.69, 9.17) is 4.74 Å². The smallest absolute Gasteiger partial charge is 0.356 e. The number of carbonyl (C=O) groups is 1. The molecule has 2 aromatic rings. The molecule has 0 aromatic carbocycles. The van der Waals surface area contributed by atoms with Crippen molar-refractivity contribution in [1.82, 2.24) is 9.97 Å². The minimum absolute atomic E-state index is 0.324. The molecule has 0 radical (unpaired) electrons. The van der Waals surface area contributed by atoms with E-state index in [1.165, 1.54) is 0 Å². The first-order valence-corrected chi connectivity index (χ1v) is 5.35. The number of hydrogen-bond acceptors (Lipinski definition) is 4. The normalized spacial score (nSPS) is 9.94. The summed E-state index contributed by atoms with van der Waals surface area (Å²) in [5.41, 5.74) is 2.29. The van der Waals surface area contributed by atoms with E-state index in [1.54, 1.807) is 31.6 Å². The fraction of sp³-hybridized carbons (Fsp3) is 0.154. The van der Waals surface area contributed by atoms with E-state index in [2.05, 4.69) is 9.97 Å². The molecule has 17 heavy (non-hydrogen) atoms. The van der Waals surface area contributed by atoms with Crippen LogP contribution in [0.1, 0.15) is 17.4 Å². The molecule has 0 spiro atoms. The third-order valence-electron chi connectivity index (χ3n) is 2.26. The van der Waals surface area contributed by atoms with Crippen molar-refractivity contribution >= 4 is 5.97 Å². The van der Waals surface area contributed by atoms with Gasteiger partial charge in [-0.1, -0.05) is 6.07 Å². The first-order chi connectivity index (χ1) is 8.31. The predicted molar refractivity (Wildman–Crippen MR) is 63.4 cm³/mol. The summed E-state index contributed by atoms with van der Waals surface area (Å²) in [5.74, 6) is -0.395. The second kappa shape index (κ2) is 5.21. The minimum Gasteiger partial charge on any atom is -0.461 e. The number of ether oxygens (including phenoxy) is 1. The Balaban J connectivity index is 2.22. The fourth-order valence-corrected chi connectivity index (χ4v) is 1.43. The Hall–Kier alpha value is -2.23. The summed E-state index contributed by atoms with van der Waals surface area (Å²) in [6.45, 7) is 2.12. The maximum atomic E-state index is 11.4. The Morgan fingerprint density at radius 3 is 2.53 bits per heavy atom. The second-order valence-electron chi connectivity index (χ2n) is 3.39. The van der Waals surface area contributed by atoms with E-state index < -0.39 is 5.97 Å². The lowest BCUT2D eigenvalue weighted by Gasteiger charge is -2.03. The van der Waals surface area contributed by atoms with E-state index in [9.17, 15) is 4.79 Å². The van der Waals surface area contributed by atoms with Crippen LogP contribution in [0.15, 0.2) is 42.9 Å². The van der Waals surface area contributed by atoms with Gasteiger partial charge in [0.25, 0.3) is 0 Å². The van der Waals surface area contributed by atoms with Crippen LogP contribution < -0.4 is 0 Å². The van der Waals surface area contributed by atoms with Gasteiger partial charge in [-0.15, -0.1) is 0 Å². The molecule has 0 unspecified atom stereocenters. The number of rotatable bonds is 3. The minimum atomic E-state index is -0.395. The van der Waals surface area contributed by atoms with Gasteiger partial charge in [-0.25, -0.2) is 9.78 Å². The van der Waals surface area contributed by atoms with Gasteiger partial charge in [0.1, 0.15) is 5.69 Å². The lowest BCUT2D eigenvalue weighted by Crippen LogP contribution is -2.06. The summed E-state index contributed by atoms with van der Waals surface area (Å²) in [7, 11) is 0. The van der Waals surface area contributed by atoms with E-state index >= 15 is 0 Å². The highest BCUT2D eigenvalue weighted by atomic mass is 16.5. The summed E-state index contributed by atoms with van der Waals surface area (Å²) in [4.78, 5) is 19.4. The standard InChI is InChI=1S/C13H12N2O2/c1-2-17-13(16)12-4-3-11(9-15-12)10-5-7-14-8-6-10/h3-9H,2H2,1H3. The molecule has 0 fully saturated rings. The molecule has 0 saturated heterocycles. The molecule has 0 aliphatic rings. The molecule has 2 rings (SSSR count). The van der Waals surface area contributed by atoms with Crippen molar-refractivity contribution in [3.05, 3.63) is 48.5 Å². The van der Waals surface area contributed by atoms with Gasteiger partial charge >= 0.3 is 5.97 Å². The Bertz CT molecular complexity index is 495. The zero-order valence-corrected chi connectivity index (χ0v) is 9.46. The molecular formula is C13H12N2O2. The van der Waals surface area contributed by atoms with Gasteiger partial charge < -0.3 is 4.74 Å². The average molecular weight is 228 g/mol. The topological polar surface area (TPSA) is 52.1 Å². The quantitative estimate of drug-likeness (QED) is 0.756. The lowest BCUT2D eigenvalue weighted by molar-refractivity contribution is 0.0519. The summed E-state index contributed by atoms with van der Waals surface area (Å²) in [6, 6.07) is 7.28. The summed E-state index contributed by atoms with van der Waals surface area (Å²) >= 11 is 0. The van der Waals surface area contributed by atoms with Gasteiger partial charge in [-0.2, -0.15) is 0 Å². The molecule has 2 aromatic heterocycles. The van der Waals surface area contributed by atoms with E-state index in [0.29, 0.717) is 12.3 Å². The number of esters is 1. The largest absolute Gasteiger partial charge is 0.461 e. The summed E-state index contributed by atoms with van der Waals surface area (Å²) in [5, 5.41) is 0. The van der Waals surface area contributed by atoms with Crippen LogP contribution in [0.25, 0.3) is 11.1 Å². The van der Waals surface area contributed by atoms with Crippen molar-refractivity contribution in [1.29, 1.82) is 0 Å². The first-order valence-electron chi connectivity index (χ1n) is 5.35. The average Bonchev–Trinajstić information content (AvgIpc) is 2.40. The van der Waals surface area contributed by atoms with Crippen LogP contribution in [0.3, 0.4) is 0 Å².